The van der Waals surface area contributed by atoms with Crippen LogP contribution in [0.3, 0.4) is 0 Å². The van der Waals surface area contributed by atoms with Crippen molar-refractivity contribution >= 4 is 17.6 Å². The zero-order chi connectivity index (χ0) is 14.0. The summed E-state index contributed by atoms with van der Waals surface area (Å²) in [6.45, 7) is 1.84. The van der Waals surface area contributed by atoms with Crippen molar-refractivity contribution in [3.8, 4) is 0 Å². The quantitative estimate of drug-likeness (QED) is 0.878. The van der Waals surface area contributed by atoms with Crippen molar-refractivity contribution in [2.75, 3.05) is 7.11 Å². The van der Waals surface area contributed by atoms with Crippen LogP contribution in [0.4, 0.5) is 0 Å². The van der Waals surface area contributed by atoms with Crippen molar-refractivity contribution in [2.45, 2.75) is 13.0 Å². The van der Waals surface area contributed by atoms with E-state index >= 15 is 0 Å². The summed E-state index contributed by atoms with van der Waals surface area (Å²) in [6, 6.07) is 8.19. The van der Waals surface area contributed by atoms with Gasteiger partial charge in [-0.25, -0.2) is 4.79 Å². The topological polar surface area (TPSA) is 59.7 Å². The number of aliphatic hydroxyl groups excluding tert-OH is 1. The first-order chi connectivity index (χ1) is 9.02. The Morgan fingerprint density at radius 1 is 1.37 bits per heavy atom. The van der Waals surface area contributed by atoms with Gasteiger partial charge in [-0.3, -0.25) is 0 Å². The number of furan rings is 1. The van der Waals surface area contributed by atoms with Crippen molar-refractivity contribution in [1.82, 2.24) is 0 Å². The summed E-state index contributed by atoms with van der Waals surface area (Å²) in [6.07, 6.45) is -0.948. The SMILES string of the molecule is COC(=O)c1ccc(C(O)c2ccc(Cl)cc2C)o1. The van der Waals surface area contributed by atoms with E-state index in [1.807, 2.05) is 6.92 Å². The Morgan fingerprint density at radius 3 is 2.74 bits per heavy atom. The van der Waals surface area contributed by atoms with Gasteiger partial charge in [-0.1, -0.05) is 17.7 Å². The van der Waals surface area contributed by atoms with E-state index in [9.17, 15) is 9.90 Å². The molecule has 4 nitrogen and oxygen atoms in total. The number of rotatable bonds is 3. The number of methoxy groups -OCH3 is 1. The number of aliphatic hydroxyl groups is 1. The smallest absolute Gasteiger partial charge is 0.373 e. The van der Waals surface area contributed by atoms with Gasteiger partial charge < -0.3 is 14.3 Å². The van der Waals surface area contributed by atoms with Crippen molar-refractivity contribution in [3.05, 3.63) is 58.0 Å². The van der Waals surface area contributed by atoms with Gasteiger partial charge >= 0.3 is 5.97 Å². The lowest BCUT2D eigenvalue weighted by Gasteiger charge is -2.11. The summed E-state index contributed by atoms with van der Waals surface area (Å²) in [5, 5.41) is 10.8. The van der Waals surface area contributed by atoms with Gasteiger partial charge in [-0.2, -0.15) is 0 Å². The summed E-state index contributed by atoms with van der Waals surface area (Å²) in [4.78, 5) is 11.3. The van der Waals surface area contributed by atoms with Crippen LogP contribution in [0, 0.1) is 6.92 Å². The zero-order valence-electron chi connectivity index (χ0n) is 10.5. The summed E-state index contributed by atoms with van der Waals surface area (Å²) >= 11 is 5.87. The summed E-state index contributed by atoms with van der Waals surface area (Å²) < 4.78 is 9.82. The molecule has 1 aromatic carbocycles. The predicted octanol–water partition coefficient (Wildman–Crippen LogP) is 3.11. The number of benzene rings is 1. The number of aryl methyl sites for hydroxylation is 1. The molecule has 2 aromatic rings. The monoisotopic (exact) mass is 280 g/mol. The first kappa shape index (κ1) is 13.6. The maximum Gasteiger partial charge on any atom is 0.373 e. The van der Waals surface area contributed by atoms with E-state index in [0.717, 1.165) is 5.56 Å². The second-order valence-corrected chi connectivity index (χ2v) is 4.53. The van der Waals surface area contributed by atoms with E-state index in [-0.39, 0.29) is 11.5 Å². The fraction of sp³-hybridized carbons (Fsp3) is 0.214. The van der Waals surface area contributed by atoms with E-state index in [1.165, 1.54) is 13.2 Å². The van der Waals surface area contributed by atoms with Gasteiger partial charge in [0.1, 0.15) is 11.9 Å². The molecular formula is C14H13ClO4. The minimum atomic E-state index is -0.948. The van der Waals surface area contributed by atoms with E-state index < -0.39 is 12.1 Å². The molecule has 0 saturated carbocycles. The first-order valence-electron chi connectivity index (χ1n) is 5.65. The fourth-order valence-electron chi connectivity index (χ4n) is 1.81. The summed E-state index contributed by atoms with van der Waals surface area (Å²) in [5.74, 6) is -0.236. The third kappa shape index (κ3) is 2.80. The predicted molar refractivity (Wildman–Crippen MR) is 70.3 cm³/mol. The van der Waals surface area contributed by atoms with Crippen LogP contribution in [0.25, 0.3) is 0 Å². The van der Waals surface area contributed by atoms with Gasteiger partial charge in [0.05, 0.1) is 7.11 Å². The van der Waals surface area contributed by atoms with Crippen LogP contribution in [0.1, 0.15) is 33.5 Å². The molecule has 19 heavy (non-hydrogen) atoms. The van der Waals surface area contributed by atoms with E-state index in [1.54, 1.807) is 24.3 Å². The second kappa shape index (κ2) is 5.47. The maximum atomic E-state index is 11.3. The average Bonchev–Trinajstić information content (AvgIpc) is 2.86. The zero-order valence-corrected chi connectivity index (χ0v) is 11.3. The Hall–Kier alpha value is -1.78. The van der Waals surface area contributed by atoms with Crippen molar-refractivity contribution in [1.29, 1.82) is 0 Å². The van der Waals surface area contributed by atoms with E-state index in [4.69, 9.17) is 16.0 Å². The van der Waals surface area contributed by atoms with Gasteiger partial charge in [0, 0.05) is 5.02 Å². The Bertz CT molecular complexity index is 603. The molecule has 1 aromatic heterocycles. The van der Waals surface area contributed by atoms with Crippen molar-refractivity contribution in [2.24, 2.45) is 0 Å². The highest BCUT2D eigenvalue weighted by Gasteiger charge is 2.19. The highest BCUT2D eigenvalue weighted by molar-refractivity contribution is 6.30. The average molecular weight is 281 g/mol. The molecule has 1 atom stereocenters. The molecule has 0 amide bonds. The summed E-state index contributed by atoms with van der Waals surface area (Å²) in [7, 11) is 1.27. The number of carbonyl (C=O) groups is 1. The van der Waals surface area contributed by atoms with Crippen LogP contribution < -0.4 is 0 Å². The Balaban J connectivity index is 2.31. The third-order valence-corrected chi connectivity index (χ3v) is 3.04. The van der Waals surface area contributed by atoms with Crippen LogP contribution in [0.15, 0.2) is 34.7 Å². The maximum absolute atomic E-state index is 11.3. The minimum Gasteiger partial charge on any atom is -0.463 e. The molecule has 0 radical (unpaired) electrons. The van der Waals surface area contributed by atoms with Gasteiger partial charge in [0.2, 0.25) is 5.76 Å². The second-order valence-electron chi connectivity index (χ2n) is 4.10. The molecule has 0 aliphatic rings. The molecule has 0 fully saturated rings. The fourth-order valence-corrected chi connectivity index (χ4v) is 2.04. The van der Waals surface area contributed by atoms with Gasteiger partial charge in [0.25, 0.3) is 0 Å². The number of halogens is 1. The molecule has 1 N–H and O–H groups in total. The molecule has 0 aliphatic heterocycles. The van der Waals surface area contributed by atoms with Crippen LogP contribution in [-0.4, -0.2) is 18.2 Å². The number of esters is 1. The standard InChI is InChI=1S/C14H13ClO4/c1-8-7-9(15)3-4-10(8)13(16)11-5-6-12(19-11)14(17)18-2/h3-7,13,16H,1-2H3. The largest absolute Gasteiger partial charge is 0.463 e. The lowest BCUT2D eigenvalue weighted by molar-refractivity contribution is 0.0558. The molecule has 1 unspecified atom stereocenters. The molecular weight excluding hydrogens is 268 g/mol. The Morgan fingerprint density at radius 2 is 2.11 bits per heavy atom. The third-order valence-electron chi connectivity index (χ3n) is 2.81. The van der Waals surface area contributed by atoms with Crippen molar-refractivity contribution < 1.29 is 19.1 Å². The van der Waals surface area contributed by atoms with Crippen LogP contribution in [0.2, 0.25) is 5.02 Å². The normalized spacial score (nSPS) is 12.2. The summed E-state index contributed by atoms with van der Waals surface area (Å²) in [5.41, 5.74) is 1.52. The highest BCUT2D eigenvalue weighted by Crippen LogP contribution is 2.28. The Labute approximate surface area is 115 Å². The number of hydrogen-bond acceptors (Lipinski definition) is 4. The number of hydrogen-bond donors (Lipinski definition) is 1. The van der Waals surface area contributed by atoms with E-state index in [2.05, 4.69) is 4.74 Å². The molecule has 100 valence electrons. The molecule has 2 rings (SSSR count). The molecule has 5 heteroatoms. The highest BCUT2D eigenvalue weighted by atomic mass is 35.5. The van der Waals surface area contributed by atoms with Crippen LogP contribution >= 0.6 is 11.6 Å². The minimum absolute atomic E-state index is 0.0585. The Kier molecular flexibility index (Phi) is 3.93. The molecule has 0 bridgehead atoms. The number of carbonyl (C=O) groups excluding carboxylic acids is 1. The van der Waals surface area contributed by atoms with Crippen LogP contribution in [0.5, 0.6) is 0 Å². The molecule has 1 heterocycles. The number of ether oxygens (including phenoxy) is 1. The molecule has 0 aliphatic carbocycles. The lowest BCUT2D eigenvalue weighted by Crippen LogP contribution is -2.02. The lowest BCUT2D eigenvalue weighted by atomic mass is 10.0. The van der Waals surface area contributed by atoms with Crippen LogP contribution in [-0.2, 0) is 4.74 Å². The van der Waals surface area contributed by atoms with Gasteiger partial charge in [0.15, 0.2) is 0 Å². The molecule has 0 saturated heterocycles. The van der Waals surface area contributed by atoms with E-state index in [0.29, 0.717) is 10.6 Å². The van der Waals surface area contributed by atoms with Gasteiger partial charge in [-0.05, 0) is 42.3 Å². The van der Waals surface area contributed by atoms with Gasteiger partial charge in [-0.15, -0.1) is 0 Å². The first-order valence-corrected chi connectivity index (χ1v) is 6.03. The van der Waals surface area contributed by atoms with Crippen molar-refractivity contribution in [3.63, 3.8) is 0 Å². The molecule has 0 spiro atoms.